The number of carbonyl (C=O) groups excluding carboxylic acids is 1. The molecule has 0 aromatic heterocycles. The van der Waals surface area contributed by atoms with Crippen molar-refractivity contribution in [3.63, 3.8) is 0 Å². The monoisotopic (exact) mass is 355 g/mol. The van der Waals surface area contributed by atoms with Gasteiger partial charge in [-0.25, -0.2) is 0 Å². The molecule has 26 heavy (non-hydrogen) atoms. The molecule has 2 aromatic carbocycles. The third kappa shape index (κ3) is 3.59. The van der Waals surface area contributed by atoms with E-state index in [-0.39, 0.29) is 12.5 Å². The Balaban J connectivity index is 1.80. The van der Waals surface area contributed by atoms with Crippen LogP contribution in [0.4, 0.5) is 5.69 Å². The number of fused-ring (bicyclic) bond motifs is 1. The molecule has 0 aliphatic carbocycles. The Morgan fingerprint density at radius 2 is 1.92 bits per heavy atom. The number of hydrogen-bond donors (Lipinski definition) is 1. The van der Waals surface area contributed by atoms with Crippen LogP contribution >= 0.6 is 0 Å². The van der Waals surface area contributed by atoms with Crippen LogP contribution < -0.4 is 24.3 Å². The van der Waals surface area contributed by atoms with Crippen LogP contribution in [-0.4, -0.2) is 33.3 Å². The van der Waals surface area contributed by atoms with Gasteiger partial charge in [-0.2, -0.15) is 0 Å². The predicted octanol–water partition coefficient (Wildman–Crippen LogP) is 3.52. The second-order valence-corrected chi connectivity index (χ2v) is 5.59. The Labute approximate surface area is 152 Å². The molecule has 136 valence electrons. The zero-order valence-corrected chi connectivity index (χ0v) is 15.0. The Morgan fingerprint density at radius 1 is 1.12 bits per heavy atom. The minimum atomic E-state index is -0.232. The molecule has 1 amide bonds. The van der Waals surface area contributed by atoms with Crippen molar-refractivity contribution in [3.05, 3.63) is 47.5 Å². The SMILES string of the molecule is CCOc1cccc2c1OCC(C(=O)Nc1ccc(OC)c(OC)c1)=C2. The van der Waals surface area contributed by atoms with E-state index in [2.05, 4.69) is 5.32 Å². The van der Waals surface area contributed by atoms with E-state index in [0.29, 0.717) is 40.9 Å². The predicted molar refractivity (Wildman–Crippen MR) is 99.3 cm³/mol. The quantitative estimate of drug-likeness (QED) is 0.859. The summed E-state index contributed by atoms with van der Waals surface area (Å²) in [5, 5.41) is 2.85. The second-order valence-electron chi connectivity index (χ2n) is 5.59. The van der Waals surface area contributed by atoms with Gasteiger partial charge in [0.2, 0.25) is 0 Å². The van der Waals surface area contributed by atoms with E-state index in [1.807, 2.05) is 31.2 Å². The van der Waals surface area contributed by atoms with Crippen molar-refractivity contribution in [2.24, 2.45) is 0 Å². The molecule has 2 aromatic rings. The Bertz CT molecular complexity index is 844. The molecule has 0 saturated carbocycles. The van der Waals surface area contributed by atoms with Gasteiger partial charge < -0.3 is 24.3 Å². The molecule has 0 fully saturated rings. The number of benzene rings is 2. The largest absolute Gasteiger partial charge is 0.493 e. The van der Waals surface area contributed by atoms with E-state index < -0.39 is 0 Å². The van der Waals surface area contributed by atoms with Crippen LogP contribution in [-0.2, 0) is 4.79 Å². The normalized spacial score (nSPS) is 12.3. The molecule has 3 rings (SSSR count). The van der Waals surface area contributed by atoms with Gasteiger partial charge in [-0.1, -0.05) is 12.1 Å². The lowest BCUT2D eigenvalue weighted by atomic mass is 10.1. The van der Waals surface area contributed by atoms with Crippen LogP contribution in [0.15, 0.2) is 42.0 Å². The summed E-state index contributed by atoms with van der Waals surface area (Å²) in [5.41, 5.74) is 1.96. The standard InChI is InChI=1S/C20H21NO5/c1-4-25-17-7-5-6-13-10-14(12-26-19(13)17)20(22)21-15-8-9-16(23-2)18(11-15)24-3/h5-11H,4,12H2,1-3H3,(H,21,22). The molecule has 1 aliphatic heterocycles. The fourth-order valence-electron chi connectivity index (χ4n) is 2.71. The average Bonchev–Trinajstić information content (AvgIpc) is 2.67. The van der Waals surface area contributed by atoms with Crippen molar-refractivity contribution >= 4 is 17.7 Å². The number of rotatable bonds is 6. The van der Waals surface area contributed by atoms with Gasteiger partial charge in [0, 0.05) is 17.3 Å². The molecule has 0 atom stereocenters. The maximum atomic E-state index is 12.6. The molecule has 6 nitrogen and oxygen atoms in total. The van der Waals surface area contributed by atoms with E-state index in [1.165, 1.54) is 0 Å². The highest BCUT2D eigenvalue weighted by atomic mass is 16.5. The number of nitrogens with one attached hydrogen (secondary N) is 1. The summed E-state index contributed by atoms with van der Waals surface area (Å²) in [6.07, 6.45) is 1.82. The highest BCUT2D eigenvalue weighted by Gasteiger charge is 2.20. The molecular formula is C20H21NO5. The molecule has 0 saturated heterocycles. The minimum Gasteiger partial charge on any atom is -0.493 e. The molecule has 0 spiro atoms. The van der Waals surface area contributed by atoms with Gasteiger partial charge in [-0.3, -0.25) is 4.79 Å². The lowest BCUT2D eigenvalue weighted by Gasteiger charge is -2.20. The summed E-state index contributed by atoms with van der Waals surface area (Å²) in [5.74, 6) is 2.26. The van der Waals surface area contributed by atoms with Crippen LogP contribution in [0.25, 0.3) is 6.08 Å². The van der Waals surface area contributed by atoms with Gasteiger partial charge in [0.25, 0.3) is 5.91 Å². The number of amides is 1. The lowest BCUT2D eigenvalue weighted by Crippen LogP contribution is -2.21. The highest BCUT2D eigenvalue weighted by Crippen LogP contribution is 2.36. The number of methoxy groups -OCH3 is 2. The van der Waals surface area contributed by atoms with Crippen LogP contribution in [0.5, 0.6) is 23.0 Å². The molecule has 0 unspecified atom stereocenters. The van der Waals surface area contributed by atoms with Crippen molar-refractivity contribution in [2.45, 2.75) is 6.92 Å². The first kappa shape index (κ1) is 17.7. The van der Waals surface area contributed by atoms with Crippen molar-refractivity contribution in [1.82, 2.24) is 0 Å². The summed E-state index contributed by atoms with van der Waals surface area (Å²) >= 11 is 0. The molecule has 1 N–H and O–H groups in total. The van der Waals surface area contributed by atoms with E-state index in [4.69, 9.17) is 18.9 Å². The summed E-state index contributed by atoms with van der Waals surface area (Å²) in [6.45, 7) is 2.65. The third-order valence-corrected chi connectivity index (χ3v) is 3.94. The highest BCUT2D eigenvalue weighted by molar-refractivity contribution is 6.07. The van der Waals surface area contributed by atoms with Gasteiger partial charge in [0.1, 0.15) is 6.61 Å². The summed E-state index contributed by atoms with van der Waals surface area (Å²) in [6, 6.07) is 10.8. The topological polar surface area (TPSA) is 66.0 Å². The van der Waals surface area contributed by atoms with E-state index >= 15 is 0 Å². The van der Waals surface area contributed by atoms with Gasteiger partial charge in [0.05, 0.1) is 26.4 Å². The van der Waals surface area contributed by atoms with Crippen LogP contribution in [0.3, 0.4) is 0 Å². The van der Waals surface area contributed by atoms with E-state index in [1.54, 1.807) is 32.4 Å². The Hall–Kier alpha value is -3.15. The number of ether oxygens (including phenoxy) is 4. The molecule has 6 heteroatoms. The zero-order valence-electron chi connectivity index (χ0n) is 15.0. The van der Waals surface area contributed by atoms with Gasteiger partial charge in [0.15, 0.2) is 23.0 Å². The van der Waals surface area contributed by atoms with Crippen molar-refractivity contribution < 1.29 is 23.7 Å². The van der Waals surface area contributed by atoms with E-state index in [0.717, 1.165) is 5.56 Å². The van der Waals surface area contributed by atoms with Crippen molar-refractivity contribution in [3.8, 4) is 23.0 Å². The number of anilines is 1. The fourth-order valence-corrected chi connectivity index (χ4v) is 2.71. The van der Waals surface area contributed by atoms with Crippen LogP contribution in [0.2, 0.25) is 0 Å². The molecule has 1 heterocycles. The molecule has 1 aliphatic rings. The van der Waals surface area contributed by atoms with Gasteiger partial charge in [-0.05, 0) is 31.2 Å². The van der Waals surface area contributed by atoms with Crippen LogP contribution in [0, 0.1) is 0 Å². The maximum absolute atomic E-state index is 12.6. The van der Waals surface area contributed by atoms with Gasteiger partial charge in [-0.15, -0.1) is 0 Å². The molecule has 0 radical (unpaired) electrons. The third-order valence-electron chi connectivity index (χ3n) is 3.94. The lowest BCUT2D eigenvalue weighted by molar-refractivity contribution is -0.113. The first-order chi connectivity index (χ1) is 12.7. The number of carbonyl (C=O) groups is 1. The summed E-state index contributed by atoms with van der Waals surface area (Å²) < 4.78 is 21.8. The molecular weight excluding hydrogens is 334 g/mol. The fraction of sp³-hybridized carbons (Fsp3) is 0.250. The van der Waals surface area contributed by atoms with E-state index in [9.17, 15) is 4.79 Å². The number of hydrogen-bond acceptors (Lipinski definition) is 5. The van der Waals surface area contributed by atoms with Crippen molar-refractivity contribution in [1.29, 1.82) is 0 Å². The maximum Gasteiger partial charge on any atom is 0.255 e. The summed E-state index contributed by atoms with van der Waals surface area (Å²) in [7, 11) is 3.11. The Morgan fingerprint density at radius 3 is 2.65 bits per heavy atom. The van der Waals surface area contributed by atoms with Crippen molar-refractivity contribution in [2.75, 3.05) is 32.8 Å². The average molecular weight is 355 g/mol. The molecule has 0 bridgehead atoms. The van der Waals surface area contributed by atoms with Crippen LogP contribution in [0.1, 0.15) is 12.5 Å². The minimum absolute atomic E-state index is 0.177. The summed E-state index contributed by atoms with van der Waals surface area (Å²) in [4.78, 5) is 12.6. The number of para-hydroxylation sites is 1. The first-order valence-electron chi connectivity index (χ1n) is 8.28. The van der Waals surface area contributed by atoms with Gasteiger partial charge >= 0.3 is 0 Å². The Kier molecular flexibility index (Phi) is 5.31. The second kappa shape index (κ2) is 7.82. The zero-order chi connectivity index (χ0) is 18.5. The first-order valence-corrected chi connectivity index (χ1v) is 8.28. The smallest absolute Gasteiger partial charge is 0.255 e.